The molecular formula is C26H27N5O3S. The number of nitrogens with zero attached hydrogens (tertiary/aromatic N) is 5. The molecule has 4 aromatic rings. The van der Waals surface area contributed by atoms with E-state index in [1.807, 2.05) is 74.2 Å². The monoisotopic (exact) mass is 489 g/mol. The lowest BCUT2D eigenvalue weighted by Crippen LogP contribution is -2.31. The Bertz CT molecular complexity index is 1390. The lowest BCUT2D eigenvalue weighted by Gasteiger charge is -2.26. The molecule has 5 rings (SSSR count). The molecule has 180 valence electrons. The highest BCUT2D eigenvalue weighted by molar-refractivity contribution is 7.98. The molecule has 9 heteroatoms. The van der Waals surface area contributed by atoms with Crippen molar-refractivity contribution in [2.75, 3.05) is 19.8 Å². The van der Waals surface area contributed by atoms with Gasteiger partial charge < -0.3 is 14.4 Å². The first-order chi connectivity index (χ1) is 17.0. The van der Waals surface area contributed by atoms with Gasteiger partial charge in [0.1, 0.15) is 13.2 Å². The first-order valence-corrected chi connectivity index (χ1v) is 12.6. The van der Waals surface area contributed by atoms with Crippen molar-refractivity contribution < 1.29 is 14.3 Å². The first kappa shape index (κ1) is 23.2. The van der Waals surface area contributed by atoms with Gasteiger partial charge in [0.25, 0.3) is 11.7 Å². The summed E-state index contributed by atoms with van der Waals surface area (Å²) in [7, 11) is 0. The molecule has 0 atom stereocenters. The van der Waals surface area contributed by atoms with Crippen LogP contribution >= 0.6 is 11.8 Å². The van der Waals surface area contributed by atoms with Crippen molar-refractivity contribution in [3.05, 3.63) is 76.6 Å². The molecule has 0 saturated heterocycles. The lowest BCUT2D eigenvalue weighted by molar-refractivity contribution is 0.0748. The van der Waals surface area contributed by atoms with Crippen molar-refractivity contribution in [1.29, 1.82) is 0 Å². The standard InChI is InChI=1S/C26H27N5O3S/c1-4-30(15-19-9-7-11-22-23(19)34-13-12-33-22)24(32)21-10-6-5-8-20(21)16-35-26-28-25-27-17(2)14-18(3)31(25)29-26/h5-11,14H,4,12-13,15-16H2,1-3H3. The Balaban J connectivity index is 1.35. The van der Waals surface area contributed by atoms with Gasteiger partial charge in [0.15, 0.2) is 11.5 Å². The van der Waals surface area contributed by atoms with Crippen LogP contribution in [0, 0.1) is 13.8 Å². The number of thioether (sulfide) groups is 1. The van der Waals surface area contributed by atoms with Crippen molar-refractivity contribution in [1.82, 2.24) is 24.5 Å². The predicted octanol–water partition coefficient (Wildman–Crippen LogP) is 4.47. The number of amides is 1. The van der Waals surface area contributed by atoms with E-state index in [1.165, 1.54) is 11.8 Å². The number of fused-ring (bicyclic) bond motifs is 2. The van der Waals surface area contributed by atoms with Crippen LogP contribution in [-0.2, 0) is 12.3 Å². The average Bonchev–Trinajstić information content (AvgIpc) is 3.29. The van der Waals surface area contributed by atoms with Crippen LogP contribution in [0.3, 0.4) is 0 Å². The van der Waals surface area contributed by atoms with Crippen LogP contribution < -0.4 is 9.47 Å². The van der Waals surface area contributed by atoms with Gasteiger partial charge in [0.05, 0.1) is 0 Å². The van der Waals surface area contributed by atoms with Crippen molar-refractivity contribution in [3.8, 4) is 11.5 Å². The maximum absolute atomic E-state index is 13.6. The van der Waals surface area contributed by atoms with Gasteiger partial charge in [-0.3, -0.25) is 4.79 Å². The van der Waals surface area contributed by atoms with Crippen LogP contribution in [-0.4, -0.2) is 50.1 Å². The highest BCUT2D eigenvalue weighted by atomic mass is 32.2. The van der Waals surface area contributed by atoms with Gasteiger partial charge in [-0.05, 0) is 44.5 Å². The number of ether oxygens (including phenoxy) is 2. The molecule has 0 aliphatic carbocycles. The summed E-state index contributed by atoms with van der Waals surface area (Å²) in [6, 6.07) is 15.5. The molecule has 0 saturated carbocycles. The van der Waals surface area contributed by atoms with Crippen LogP contribution in [0.2, 0.25) is 0 Å². The van der Waals surface area contributed by atoms with E-state index in [4.69, 9.17) is 9.47 Å². The van der Waals surface area contributed by atoms with E-state index >= 15 is 0 Å². The zero-order chi connectivity index (χ0) is 24.4. The Hall–Kier alpha value is -3.59. The van der Waals surface area contributed by atoms with Crippen LogP contribution in [0.4, 0.5) is 0 Å². The van der Waals surface area contributed by atoms with E-state index in [0.29, 0.717) is 48.6 Å². The molecule has 0 bridgehead atoms. The van der Waals surface area contributed by atoms with Gasteiger partial charge in [-0.25, -0.2) is 9.50 Å². The SMILES string of the molecule is CCN(Cc1cccc2c1OCCO2)C(=O)c1ccccc1CSc1nc2nc(C)cc(C)n2n1. The van der Waals surface area contributed by atoms with Gasteiger partial charge in [-0.2, -0.15) is 4.98 Å². The predicted molar refractivity (Wildman–Crippen MR) is 134 cm³/mol. The second kappa shape index (κ2) is 9.95. The number of aromatic nitrogens is 4. The van der Waals surface area contributed by atoms with E-state index in [-0.39, 0.29) is 5.91 Å². The zero-order valence-corrected chi connectivity index (χ0v) is 20.8. The third-order valence-corrected chi connectivity index (χ3v) is 6.77. The Morgan fingerprint density at radius 1 is 1.06 bits per heavy atom. The van der Waals surface area contributed by atoms with Crippen LogP contribution in [0.5, 0.6) is 11.5 Å². The highest BCUT2D eigenvalue weighted by Gasteiger charge is 2.22. The summed E-state index contributed by atoms with van der Waals surface area (Å²) in [6.45, 7) is 7.98. The molecule has 0 unspecified atom stereocenters. The van der Waals surface area contributed by atoms with Crippen molar-refractivity contribution >= 4 is 23.4 Å². The van der Waals surface area contributed by atoms with Crippen molar-refractivity contribution in [2.24, 2.45) is 0 Å². The summed E-state index contributed by atoms with van der Waals surface area (Å²) < 4.78 is 13.3. The third-order valence-electron chi connectivity index (χ3n) is 5.88. The summed E-state index contributed by atoms with van der Waals surface area (Å²) in [5.41, 5.74) is 4.45. The van der Waals surface area contributed by atoms with Gasteiger partial charge in [-0.15, -0.1) is 5.10 Å². The molecule has 1 aliphatic heterocycles. The Morgan fingerprint density at radius 2 is 1.86 bits per heavy atom. The molecule has 1 aliphatic rings. The smallest absolute Gasteiger partial charge is 0.254 e. The highest BCUT2D eigenvalue weighted by Crippen LogP contribution is 2.34. The van der Waals surface area contributed by atoms with Crippen molar-refractivity contribution in [3.63, 3.8) is 0 Å². The minimum Gasteiger partial charge on any atom is -0.486 e. The minimum atomic E-state index is -0.0193. The van der Waals surface area contributed by atoms with Gasteiger partial charge in [0.2, 0.25) is 5.16 Å². The molecule has 0 radical (unpaired) electrons. The molecule has 35 heavy (non-hydrogen) atoms. The fraction of sp³-hybridized carbons (Fsp3) is 0.308. The summed E-state index contributed by atoms with van der Waals surface area (Å²) in [5, 5.41) is 5.21. The topological polar surface area (TPSA) is 81.9 Å². The Labute approximate surface area is 208 Å². The molecule has 1 amide bonds. The molecule has 2 aromatic carbocycles. The van der Waals surface area contributed by atoms with Gasteiger partial charge in [-0.1, -0.05) is 42.1 Å². The Kier molecular flexibility index (Phi) is 6.59. The quantitative estimate of drug-likeness (QED) is 0.354. The number of carbonyl (C=O) groups is 1. The third kappa shape index (κ3) is 4.81. The number of para-hydroxylation sites is 1. The first-order valence-electron chi connectivity index (χ1n) is 11.6. The largest absolute Gasteiger partial charge is 0.486 e. The molecule has 2 aromatic heterocycles. The number of rotatable bonds is 7. The van der Waals surface area contributed by atoms with Crippen molar-refractivity contribution in [2.45, 2.75) is 38.2 Å². The van der Waals surface area contributed by atoms with Gasteiger partial charge >= 0.3 is 0 Å². The fourth-order valence-corrected chi connectivity index (χ4v) is 4.99. The van der Waals surface area contributed by atoms with E-state index in [9.17, 15) is 4.79 Å². The van der Waals surface area contributed by atoms with Gasteiger partial charge in [0, 0.05) is 41.4 Å². The van der Waals surface area contributed by atoms with E-state index < -0.39 is 0 Å². The number of aryl methyl sites for hydroxylation is 2. The molecule has 8 nitrogen and oxygen atoms in total. The molecule has 0 spiro atoms. The average molecular weight is 490 g/mol. The van der Waals surface area contributed by atoms with E-state index in [1.54, 1.807) is 4.52 Å². The summed E-state index contributed by atoms with van der Waals surface area (Å²) in [6.07, 6.45) is 0. The Morgan fingerprint density at radius 3 is 2.71 bits per heavy atom. The second-order valence-electron chi connectivity index (χ2n) is 8.35. The molecule has 0 N–H and O–H groups in total. The normalized spacial score (nSPS) is 12.7. The molecule has 0 fully saturated rings. The zero-order valence-electron chi connectivity index (χ0n) is 20.0. The molecule has 3 heterocycles. The summed E-state index contributed by atoms with van der Waals surface area (Å²) >= 11 is 1.50. The maximum atomic E-state index is 13.6. The van der Waals surface area contributed by atoms with E-state index in [0.717, 1.165) is 34.0 Å². The van der Waals surface area contributed by atoms with Crippen LogP contribution in [0.1, 0.15) is 39.8 Å². The number of hydrogen-bond donors (Lipinski definition) is 0. The number of benzene rings is 2. The number of carbonyl (C=O) groups excluding carboxylic acids is 1. The minimum absolute atomic E-state index is 0.0193. The van der Waals surface area contributed by atoms with Crippen LogP contribution in [0.15, 0.2) is 53.7 Å². The van der Waals surface area contributed by atoms with Crippen LogP contribution in [0.25, 0.3) is 5.78 Å². The lowest BCUT2D eigenvalue weighted by atomic mass is 10.1. The summed E-state index contributed by atoms with van der Waals surface area (Å²) in [5.74, 6) is 2.60. The van der Waals surface area contributed by atoms with E-state index in [2.05, 4.69) is 15.1 Å². The number of hydrogen-bond acceptors (Lipinski definition) is 7. The second-order valence-corrected chi connectivity index (χ2v) is 9.29. The summed E-state index contributed by atoms with van der Waals surface area (Å²) in [4.78, 5) is 24.4. The molecular weight excluding hydrogens is 462 g/mol. The fourth-order valence-electron chi connectivity index (χ4n) is 4.17. The maximum Gasteiger partial charge on any atom is 0.254 e.